The third-order valence-electron chi connectivity index (χ3n) is 6.85. The first-order valence-electron chi connectivity index (χ1n) is 11.1. The normalized spacial score (nSPS) is 27.6. The van der Waals surface area contributed by atoms with Gasteiger partial charge in [-0.25, -0.2) is 0 Å². The average molecular weight is 488 g/mol. The number of fused-ring (bicyclic) bond motifs is 1. The topological polar surface area (TPSA) is 77.1 Å². The van der Waals surface area contributed by atoms with E-state index in [1.807, 2.05) is 37.3 Å². The van der Waals surface area contributed by atoms with E-state index in [4.69, 9.17) is 9.47 Å². The molecule has 0 aromatic heterocycles. The molecule has 2 bridgehead atoms. The minimum absolute atomic E-state index is 0.172. The first-order chi connectivity index (χ1) is 16.6. The summed E-state index contributed by atoms with van der Waals surface area (Å²) in [7, 11) is 1.58. The molecule has 2 aromatic rings. The van der Waals surface area contributed by atoms with E-state index in [9.17, 15) is 22.8 Å². The van der Waals surface area contributed by atoms with Crippen molar-refractivity contribution in [3.05, 3.63) is 66.2 Å². The van der Waals surface area contributed by atoms with E-state index in [0.717, 1.165) is 17.7 Å². The van der Waals surface area contributed by atoms with Crippen molar-refractivity contribution in [3.63, 3.8) is 0 Å². The molecule has 1 spiro atoms. The highest BCUT2D eigenvalue weighted by molar-refractivity contribution is 5.99. The molecule has 2 fully saturated rings. The second-order valence-corrected chi connectivity index (χ2v) is 8.88. The van der Waals surface area contributed by atoms with Crippen LogP contribution in [0.5, 0.6) is 11.5 Å². The van der Waals surface area contributed by atoms with E-state index in [-0.39, 0.29) is 11.9 Å². The molecule has 10 heteroatoms. The molecule has 3 heterocycles. The van der Waals surface area contributed by atoms with Crippen LogP contribution >= 0.6 is 0 Å². The van der Waals surface area contributed by atoms with Gasteiger partial charge in [0.1, 0.15) is 17.1 Å². The quantitative estimate of drug-likeness (QED) is 0.621. The zero-order valence-corrected chi connectivity index (χ0v) is 18.9. The predicted octanol–water partition coefficient (Wildman–Crippen LogP) is 4.08. The van der Waals surface area contributed by atoms with Crippen molar-refractivity contribution in [2.45, 2.75) is 31.0 Å². The Hall–Kier alpha value is -3.53. The Morgan fingerprint density at radius 3 is 2.43 bits per heavy atom. The van der Waals surface area contributed by atoms with Gasteiger partial charge in [0.25, 0.3) is 0 Å². The minimum atomic E-state index is -4.80. The molecule has 2 aromatic carbocycles. The number of carbonyl (C=O) groups excluding carboxylic acids is 2. The predicted molar refractivity (Wildman–Crippen MR) is 119 cm³/mol. The number of halogens is 3. The Balaban J connectivity index is 1.32. The molecular formula is C25H23F3N2O5. The van der Waals surface area contributed by atoms with Crippen molar-refractivity contribution in [2.24, 2.45) is 11.8 Å². The first kappa shape index (κ1) is 23.2. The van der Waals surface area contributed by atoms with Crippen LogP contribution in [0, 0.1) is 11.8 Å². The monoisotopic (exact) mass is 488 g/mol. The molecule has 3 aliphatic heterocycles. The highest BCUT2D eigenvalue weighted by Crippen LogP contribution is 2.53. The van der Waals surface area contributed by atoms with Crippen molar-refractivity contribution in [1.82, 2.24) is 4.90 Å². The number of methoxy groups -OCH3 is 1. The number of rotatable bonds is 6. The Bertz CT molecular complexity index is 1170. The summed E-state index contributed by atoms with van der Waals surface area (Å²) in [5.41, 5.74) is 0.338. The van der Waals surface area contributed by atoms with E-state index in [2.05, 4.69) is 10.1 Å². The highest BCUT2D eigenvalue weighted by atomic mass is 19.4. The second-order valence-electron chi connectivity index (χ2n) is 8.88. The first-order valence-corrected chi connectivity index (χ1v) is 11.1. The smallest absolute Gasteiger partial charge is 0.497 e. The molecule has 0 radical (unpaired) electrons. The van der Waals surface area contributed by atoms with Crippen LogP contribution in [0.15, 0.2) is 60.7 Å². The summed E-state index contributed by atoms with van der Waals surface area (Å²) in [4.78, 5) is 28.5. The van der Waals surface area contributed by atoms with Gasteiger partial charge in [-0.3, -0.25) is 9.59 Å². The molecule has 184 valence electrons. The number of anilines is 1. The molecule has 2 amide bonds. The molecular weight excluding hydrogens is 465 g/mol. The summed E-state index contributed by atoms with van der Waals surface area (Å²) >= 11 is 0. The second kappa shape index (κ2) is 8.30. The summed E-state index contributed by atoms with van der Waals surface area (Å²) in [6.07, 6.45) is -1.68. The van der Waals surface area contributed by atoms with Gasteiger partial charge in [-0.2, -0.15) is 0 Å². The molecule has 5 rings (SSSR count). The molecule has 2 saturated heterocycles. The van der Waals surface area contributed by atoms with E-state index < -0.39 is 41.6 Å². The lowest BCUT2D eigenvalue weighted by atomic mass is 9.76. The number of hydrogen-bond acceptors (Lipinski definition) is 5. The third-order valence-corrected chi connectivity index (χ3v) is 6.85. The Morgan fingerprint density at radius 1 is 1.14 bits per heavy atom. The van der Waals surface area contributed by atoms with Gasteiger partial charge >= 0.3 is 6.36 Å². The van der Waals surface area contributed by atoms with Crippen LogP contribution in [0.25, 0.3) is 0 Å². The molecule has 0 saturated carbocycles. The fraction of sp³-hybridized carbons (Fsp3) is 0.360. The summed E-state index contributed by atoms with van der Waals surface area (Å²) < 4.78 is 52.4. The maximum Gasteiger partial charge on any atom is 0.573 e. The average Bonchev–Trinajstić information content (AvgIpc) is 3.47. The van der Waals surface area contributed by atoms with E-state index in [1.54, 1.807) is 18.1 Å². The lowest BCUT2D eigenvalue weighted by molar-refractivity contribution is -0.274. The summed E-state index contributed by atoms with van der Waals surface area (Å²) in [5.74, 6) is -1.73. The Labute approximate surface area is 199 Å². The van der Waals surface area contributed by atoms with Gasteiger partial charge in [0.2, 0.25) is 11.8 Å². The number of alkyl halides is 3. The third kappa shape index (κ3) is 4.12. The number of hydrogen-bond donors (Lipinski definition) is 1. The largest absolute Gasteiger partial charge is 0.573 e. The Kier molecular flexibility index (Phi) is 5.51. The van der Waals surface area contributed by atoms with Gasteiger partial charge in [-0.1, -0.05) is 24.3 Å². The molecule has 0 unspecified atom stereocenters. The fourth-order valence-electron chi connectivity index (χ4n) is 5.18. The molecule has 35 heavy (non-hydrogen) atoms. The van der Waals surface area contributed by atoms with Crippen molar-refractivity contribution in [3.8, 4) is 11.5 Å². The summed E-state index contributed by atoms with van der Waals surface area (Å²) in [5, 5.41) is 2.70. The SMILES string of the molecule is COc1ccc([C@H](C)N2C[C@]34C=C[C@H](O3)[C@H](C(=O)Nc3ccc(OC(F)(F)F)cc3)[C@H]4C2=O)cc1. The zero-order valence-electron chi connectivity index (χ0n) is 18.9. The summed E-state index contributed by atoms with van der Waals surface area (Å²) in [6.45, 7) is 2.25. The molecule has 7 nitrogen and oxygen atoms in total. The number of likely N-dealkylation sites (tertiary alicyclic amines) is 1. The lowest BCUT2D eigenvalue weighted by Crippen LogP contribution is -2.41. The Morgan fingerprint density at radius 2 is 1.80 bits per heavy atom. The van der Waals surface area contributed by atoms with Crippen LogP contribution < -0.4 is 14.8 Å². The van der Waals surface area contributed by atoms with Crippen molar-refractivity contribution < 1.29 is 37.0 Å². The highest BCUT2D eigenvalue weighted by Gasteiger charge is 2.67. The van der Waals surface area contributed by atoms with Gasteiger partial charge in [0.05, 0.1) is 37.6 Å². The number of amides is 2. The van der Waals surface area contributed by atoms with E-state index >= 15 is 0 Å². The molecule has 5 atom stereocenters. The maximum atomic E-state index is 13.5. The molecule has 0 aliphatic carbocycles. The maximum absolute atomic E-state index is 13.5. The summed E-state index contributed by atoms with van der Waals surface area (Å²) in [6, 6.07) is 12.1. The van der Waals surface area contributed by atoms with Gasteiger partial charge < -0.3 is 24.4 Å². The minimum Gasteiger partial charge on any atom is -0.497 e. The van der Waals surface area contributed by atoms with Crippen LogP contribution in [0.1, 0.15) is 18.5 Å². The van der Waals surface area contributed by atoms with Gasteiger partial charge in [-0.05, 0) is 48.9 Å². The van der Waals surface area contributed by atoms with Gasteiger partial charge in [-0.15, -0.1) is 13.2 Å². The lowest BCUT2D eigenvalue weighted by Gasteiger charge is -2.28. The van der Waals surface area contributed by atoms with Crippen LogP contribution in [0.4, 0.5) is 18.9 Å². The number of carbonyl (C=O) groups is 2. The number of benzene rings is 2. The standard InChI is InChI=1S/C25H23F3N2O5/c1-14(15-3-7-17(33-2)8-4-15)30-13-24-12-11-19(35-24)20(21(24)23(30)32)22(31)29-16-5-9-18(10-6-16)34-25(26,27)28/h3-12,14,19-21H,13H2,1-2H3,(H,29,31)/t14-,19-,20-,21-,24-/m0/s1. The molecule has 3 aliphatic rings. The molecule has 1 N–H and O–H groups in total. The van der Waals surface area contributed by atoms with Crippen molar-refractivity contribution in [1.29, 1.82) is 0 Å². The van der Waals surface area contributed by atoms with E-state index in [1.165, 1.54) is 12.1 Å². The number of ether oxygens (including phenoxy) is 3. The zero-order chi connectivity index (χ0) is 25.0. The van der Waals surface area contributed by atoms with Crippen LogP contribution in [-0.2, 0) is 14.3 Å². The van der Waals surface area contributed by atoms with Crippen LogP contribution in [0.3, 0.4) is 0 Å². The van der Waals surface area contributed by atoms with Gasteiger partial charge in [0, 0.05) is 5.69 Å². The van der Waals surface area contributed by atoms with Crippen LogP contribution in [-0.4, -0.2) is 48.4 Å². The van der Waals surface area contributed by atoms with Crippen LogP contribution in [0.2, 0.25) is 0 Å². The number of nitrogens with zero attached hydrogens (tertiary/aromatic N) is 1. The number of nitrogens with one attached hydrogen (secondary N) is 1. The van der Waals surface area contributed by atoms with Crippen molar-refractivity contribution in [2.75, 3.05) is 19.0 Å². The van der Waals surface area contributed by atoms with Gasteiger partial charge in [0.15, 0.2) is 0 Å². The van der Waals surface area contributed by atoms with E-state index in [0.29, 0.717) is 18.0 Å². The fourth-order valence-corrected chi connectivity index (χ4v) is 5.18. The van der Waals surface area contributed by atoms with Crippen molar-refractivity contribution >= 4 is 17.5 Å².